The summed E-state index contributed by atoms with van der Waals surface area (Å²) in [7, 11) is -2.91. The Morgan fingerprint density at radius 2 is 1.67 bits per heavy atom. The van der Waals surface area contributed by atoms with Gasteiger partial charge in [-0.2, -0.15) is 0 Å². The molecule has 1 aliphatic rings. The van der Waals surface area contributed by atoms with Gasteiger partial charge < -0.3 is 14.3 Å². The van der Waals surface area contributed by atoms with Crippen LogP contribution in [0.5, 0.6) is 0 Å². The van der Waals surface area contributed by atoms with Crippen molar-refractivity contribution < 1.29 is 14.3 Å². The van der Waals surface area contributed by atoms with Gasteiger partial charge >= 0.3 is 0 Å². The van der Waals surface area contributed by atoms with Crippen molar-refractivity contribution in [3.8, 4) is 0 Å². The summed E-state index contributed by atoms with van der Waals surface area (Å²) in [6.07, 6.45) is 12.1. The molecule has 3 nitrogen and oxygen atoms in total. The Bertz CT molecular complexity index is 839. The molecule has 0 saturated carbocycles. The lowest BCUT2D eigenvalue weighted by molar-refractivity contribution is -0.111. The van der Waals surface area contributed by atoms with E-state index >= 15 is 0 Å². The van der Waals surface area contributed by atoms with Crippen LogP contribution < -0.4 is 10.4 Å². The first-order valence-corrected chi connectivity index (χ1v) is 14.4. The van der Waals surface area contributed by atoms with E-state index in [4.69, 9.17) is 4.74 Å². The van der Waals surface area contributed by atoms with Crippen LogP contribution in [0.1, 0.15) is 65.7 Å². The van der Waals surface area contributed by atoms with Gasteiger partial charge in [-0.05, 0) is 40.6 Å². The van der Waals surface area contributed by atoms with Crippen molar-refractivity contribution in [2.45, 2.75) is 83.0 Å². The van der Waals surface area contributed by atoms with Crippen LogP contribution in [-0.2, 0) is 9.53 Å². The number of benzene rings is 2. The molecule has 0 aromatic heterocycles. The highest BCUT2D eigenvalue weighted by Gasteiger charge is 2.49. The second-order valence-electron chi connectivity index (χ2n) is 10.3. The minimum absolute atomic E-state index is 0.0483. The first kappa shape index (κ1) is 25.6. The summed E-state index contributed by atoms with van der Waals surface area (Å²) >= 11 is 0. The summed E-state index contributed by atoms with van der Waals surface area (Å²) in [5.74, 6) is 0.584. The molecule has 2 aromatic rings. The summed E-state index contributed by atoms with van der Waals surface area (Å²) < 4.78 is 6.06. The van der Waals surface area contributed by atoms with Gasteiger partial charge in [-0.1, -0.05) is 113 Å². The Labute approximate surface area is 201 Å². The zero-order valence-corrected chi connectivity index (χ0v) is 21.5. The highest BCUT2D eigenvalue weighted by molar-refractivity contribution is 6.98. The molecule has 0 saturated heterocycles. The van der Waals surface area contributed by atoms with E-state index in [2.05, 4.69) is 51.1 Å². The van der Waals surface area contributed by atoms with Crippen molar-refractivity contribution in [2.24, 2.45) is 5.92 Å². The molecule has 33 heavy (non-hydrogen) atoms. The summed E-state index contributed by atoms with van der Waals surface area (Å²) in [6.45, 7) is 6.80. The zero-order valence-electron chi connectivity index (χ0n) is 20.5. The first-order chi connectivity index (χ1) is 15.9. The molecule has 3 rings (SSSR count). The molecule has 0 bridgehead atoms. The Hall–Kier alpha value is -2.01. The maximum atomic E-state index is 12.3. The minimum Gasteiger partial charge on any atom is -0.424 e. The minimum atomic E-state index is -2.91. The van der Waals surface area contributed by atoms with Crippen LogP contribution in [-0.4, -0.2) is 31.6 Å². The zero-order chi connectivity index (χ0) is 23.7. The number of hydrogen-bond acceptors (Lipinski definition) is 3. The van der Waals surface area contributed by atoms with Crippen LogP contribution in [0.3, 0.4) is 0 Å². The van der Waals surface area contributed by atoms with Gasteiger partial charge in [-0.3, -0.25) is 0 Å². The average molecular weight is 465 g/mol. The predicted octanol–water partition coefficient (Wildman–Crippen LogP) is 5.41. The average Bonchev–Trinajstić information content (AvgIpc) is 2.83. The molecule has 0 unspecified atom stereocenters. The van der Waals surface area contributed by atoms with Crippen LogP contribution in [0.15, 0.2) is 72.8 Å². The van der Waals surface area contributed by atoms with Crippen molar-refractivity contribution >= 4 is 25.0 Å². The van der Waals surface area contributed by atoms with Gasteiger partial charge in [-0.15, -0.1) is 0 Å². The van der Waals surface area contributed by atoms with Gasteiger partial charge in [0.25, 0.3) is 8.32 Å². The lowest BCUT2D eigenvalue weighted by Gasteiger charge is -2.41. The summed E-state index contributed by atoms with van der Waals surface area (Å²) in [5.41, 5.74) is 0. The molecule has 4 heteroatoms. The predicted molar refractivity (Wildman–Crippen MR) is 140 cm³/mol. The summed E-state index contributed by atoms with van der Waals surface area (Å²) in [4.78, 5) is 23.0. The maximum absolute atomic E-state index is 12.3. The van der Waals surface area contributed by atoms with E-state index in [0.29, 0.717) is 12.3 Å². The second-order valence-corrected chi connectivity index (χ2v) is 14.2. The molecule has 0 aliphatic carbocycles. The van der Waals surface area contributed by atoms with Crippen molar-refractivity contribution in [3.05, 3.63) is 72.8 Å². The van der Waals surface area contributed by atoms with E-state index in [-0.39, 0.29) is 17.2 Å². The fraction of sp³-hybridized carbons (Fsp3) is 0.483. The SMILES string of the molecule is C[C@@H](CCCCC(C)(C)[Si](O)(c1ccccc1)c1ccccc1)C[C@@H]1CC=C[C@@H](CC=O)O1. The van der Waals surface area contributed by atoms with Crippen molar-refractivity contribution in [2.75, 3.05) is 0 Å². The standard InChI is InChI=1S/C29H40O3Si/c1-24(23-26-15-12-14-25(32-26)20-22-30)13-10-11-21-29(2,3)33(31,27-16-6-4-7-17-27)28-18-8-5-9-19-28/h4-9,12,14,16-19,22,24-26,31H,10-11,13,15,20-21,23H2,1-3H3/t24-,25-,26-/m0/s1. The Balaban J connectivity index is 1.57. The summed E-state index contributed by atoms with van der Waals surface area (Å²) in [6, 6.07) is 20.6. The molecule has 178 valence electrons. The summed E-state index contributed by atoms with van der Waals surface area (Å²) in [5, 5.41) is 1.99. The van der Waals surface area contributed by atoms with E-state index < -0.39 is 8.32 Å². The molecule has 1 N–H and O–H groups in total. The number of ether oxygens (including phenoxy) is 1. The van der Waals surface area contributed by atoms with E-state index in [1.807, 2.05) is 42.5 Å². The van der Waals surface area contributed by atoms with Crippen molar-refractivity contribution in [1.82, 2.24) is 0 Å². The van der Waals surface area contributed by atoms with E-state index in [1.165, 1.54) is 0 Å². The number of aldehydes is 1. The smallest absolute Gasteiger partial charge is 0.258 e. The van der Waals surface area contributed by atoms with Gasteiger partial charge in [-0.25, -0.2) is 0 Å². The van der Waals surface area contributed by atoms with Crippen molar-refractivity contribution in [3.63, 3.8) is 0 Å². The van der Waals surface area contributed by atoms with E-state index in [9.17, 15) is 9.59 Å². The number of carbonyl (C=O) groups excluding carboxylic acids is 1. The Morgan fingerprint density at radius 1 is 1.06 bits per heavy atom. The number of rotatable bonds is 12. The van der Waals surface area contributed by atoms with Gasteiger partial charge in [0.2, 0.25) is 0 Å². The quantitative estimate of drug-likeness (QED) is 0.198. The van der Waals surface area contributed by atoms with Crippen LogP contribution in [0.25, 0.3) is 0 Å². The molecule has 3 atom stereocenters. The van der Waals surface area contributed by atoms with Crippen LogP contribution in [0.4, 0.5) is 0 Å². The number of unbranched alkanes of at least 4 members (excludes halogenated alkanes) is 1. The Morgan fingerprint density at radius 3 is 2.24 bits per heavy atom. The highest BCUT2D eigenvalue weighted by atomic mass is 28.4. The third kappa shape index (κ3) is 6.53. The molecule has 0 radical (unpaired) electrons. The molecule has 0 fully saturated rings. The normalized spacial score (nSPS) is 19.9. The largest absolute Gasteiger partial charge is 0.424 e. The highest BCUT2D eigenvalue weighted by Crippen LogP contribution is 2.40. The van der Waals surface area contributed by atoms with Crippen LogP contribution in [0, 0.1) is 5.92 Å². The molecule has 0 spiro atoms. The number of carbonyl (C=O) groups is 1. The van der Waals surface area contributed by atoms with Crippen LogP contribution in [0.2, 0.25) is 5.04 Å². The molecule has 0 amide bonds. The monoisotopic (exact) mass is 464 g/mol. The lowest BCUT2D eigenvalue weighted by atomic mass is 9.93. The van der Waals surface area contributed by atoms with Gasteiger partial charge in [0.15, 0.2) is 0 Å². The molecular formula is C29H40O3Si. The maximum Gasteiger partial charge on any atom is 0.258 e. The van der Waals surface area contributed by atoms with Gasteiger partial charge in [0, 0.05) is 6.42 Å². The second kappa shape index (κ2) is 11.9. The van der Waals surface area contributed by atoms with Crippen molar-refractivity contribution in [1.29, 1.82) is 0 Å². The fourth-order valence-electron chi connectivity index (χ4n) is 5.23. The molecule has 1 heterocycles. The molecular weight excluding hydrogens is 424 g/mol. The van der Waals surface area contributed by atoms with Gasteiger partial charge in [0.05, 0.1) is 12.2 Å². The Kier molecular flexibility index (Phi) is 9.25. The molecule has 1 aliphatic heterocycles. The fourth-order valence-corrected chi connectivity index (χ4v) is 9.01. The van der Waals surface area contributed by atoms with Crippen LogP contribution >= 0.6 is 0 Å². The van der Waals surface area contributed by atoms with Gasteiger partial charge in [0.1, 0.15) is 6.29 Å². The third-order valence-corrected chi connectivity index (χ3v) is 11.8. The number of hydrogen-bond donors (Lipinski definition) is 1. The third-order valence-electron chi connectivity index (χ3n) is 7.22. The first-order valence-electron chi connectivity index (χ1n) is 12.5. The van der Waals surface area contributed by atoms with E-state index in [1.54, 1.807) is 0 Å². The topological polar surface area (TPSA) is 46.5 Å². The molecule has 2 aromatic carbocycles. The van der Waals surface area contributed by atoms with E-state index in [0.717, 1.165) is 55.2 Å². The lowest BCUT2D eigenvalue weighted by Crippen LogP contribution is -2.65.